The lowest BCUT2D eigenvalue weighted by Gasteiger charge is -2.19. The molecule has 0 aliphatic rings. The zero-order valence-electron chi connectivity index (χ0n) is 18.2. The zero-order chi connectivity index (χ0) is 20.8. The molecule has 0 amide bonds. The lowest BCUT2D eigenvalue weighted by molar-refractivity contribution is -0.0149. The van der Waals surface area contributed by atoms with Gasteiger partial charge in [0.1, 0.15) is 5.76 Å². The van der Waals surface area contributed by atoms with Crippen molar-refractivity contribution in [1.29, 1.82) is 0 Å². The maximum absolute atomic E-state index is 5.86. The summed E-state index contributed by atoms with van der Waals surface area (Å²) in [6.45, 7) is 14.2. The second-order valence-electron chi connectivity index (χ2n) is 8.87. The van der Waals surface area contributed by atoms with E-state index in [4.69, 9.17) is 9.15 Å². The first kappa shape index (κ1) is 22.0. The van der Waals surface area contributed by atoms with E-state index in [0.29, 0.717) is 31.5 Å². The van der Waals surface area contributed by atoms with Crippen molar-refractivity contribution in [3.63, 3.8) is 0 Å². The van der Waals surface area contributed by atoms with Crippen LogP contribution >= 0.6 is 0 Å². The van der Waals surface area contributed by atoms with Gasteiger partial charge in [0.05, 0.1) is 24.9 Å². The Morgan fingerprint density at radius 2 is 1.75 bits per heavy atom. The molecule has 0 bridgehead atoms. The first-order chi connectivity index (χ1) is 13.1. The Hall–Kier alpha value is -2.34. The maximum atomic E-state index is 5.86. The third kappa shape index (κ3) is 7.35. The van der Waals surface area contributed by atoms with Gasteiger partial charge >= 0.3 is 0 Å². The first-order valence-corrected chi connectivity index (χ1v) is 9.68. The van der Waals surface area contributed by atoms with Gasteiger partial charge < -0.3 is 19.8 Å². The van der Waals surface area contributed by atoms with Gasteiger partial charge in [-0.05, 0) is 31.9 Å². The van der Waals surface area contributed by atoms with Gasteiger partial charge in [-0.15, -0.1) is 0 Å². The Bertz CT molecular complexity index is 782. The molecule has 2 N–H and O–H groups in total. The van der Waals surface area contributed by atoms with Crippen molar-refractivity contribution < 1.29 is 9.15 Å². The van der Waals surface area contributed by atoms with Gasteiger partial charge in [-0.1, -0.05) is 45.0 Å². The zero-order valence-corrected chi connectivity index (χ0v) is 18.2. The fourth-order valence-corrected chi connectivity index (χ4v) is 2.43. The minimum atomic E-state index is -0.146. The van der Waals surface area contributed by atoms with E-state index in [1.54, 1.807) is 13.2 Å². The molecule has 0 fully saturated rings. The van der Waals surface area contributed by atoms with Gasteiger partial charge in [-0.3, -0.25) is 4.99 Å². The lowest BCUT2D eigenvalue weighted by atomic mass is 9.94. The standard InChI is InChI=1S/C22H34N4O2/c1-21(2,3)18-13-24-19(28-18)14-26-20(23-7)25-12-16-9-8-10-17(11-16)15-27-22(4,5)6/h8-11,13H,12,14-15H2,1-7H3,(H2,23,25,26). The molecule has 0 radical (unpaired) electrons. The molecule has 154 valence electrons. The Morgan fingerprint density at radius 1 is 1.07 bits per heavy atom. The van der Waals surface area contributed by atoms with Crippen molar-refractivity contribution in [2.45, 2.75) is 72.3 Å². The van der Waals surface area contributed by atoms with Crippen LogP contribution in [0.2, 0.25) is 0 Å². The van der Waals surface area contributed by atoms with Crippen LogP contribution in [0.1, 0.15) is 64.3 Å². The summed E-state index contributed by atoms with van der Waals surface area (Å²) in [4.78, 5) is 8.60. The van der Waals surface area contributed by atoms with E-state index >= 15 is 0 Å². The number of guanidine groups is 1. The van der Waals surface area contributed by atoms with Gasteiger partial charge in [0.2, 0.25) is 5.89 Å². The average molecular weight is 387 g/mol. The van der Waals surface area contributed by atoms with Crippen molar-refractivity contribution in [2.75, 3.05) is 7.05 Å². The highest BCUT2D eigenvalue weighted by Gasteiger charge is 2.19. The molecule has 0 spiro atoms. The van der Waals surface area contributed by atoms with Crippen molar-refractivity contribution in [3.05, 3.63) is 53.2 Å². The molecule has 1 aromatic carbocycles. The Balaban J connectivity index is 1.86. The summed E-state index contributed by atoms with van der Waals surface area (Å²) in [6.07, 6.45) is 1.79. The fraction of sp³-hybridized carbons (Fsp3) is 0.545. The molecule has 6 heteroatoms. The van der Waals surface area contributed by atoms with Gasteiger partial charge in [0.15, 0.2) is 5.96 Å². The van der Waals surface area contributed by atoms with E-state index in [9.17, 15) is 0 Å². The molecule has 2 aromatic rings. The molecule has 0 saturated heterocycles. The number of hydrogen-bond donors (Lipinski definition) is 2. The Kier molecular flexibility index (Phi) is 7.24. The van der Waals surface area contributed by atoms with E-state index in [1.165, 1.54) is 5.56 Å². The largest absolute Gasteiger partial charge is 0.443 e. The van der Waals surface area contributed by atoms with Crippen LogP contribution < -0.4 is 10.6 Å². The summed E-state index contributed by atoms with van der Waals surface area (Å²) in [5.41, 5.74) is 2.13. The lowest BCUT2D eigenvalue weighted by Crippen LogP contribution is -2.36. The predicted molar refractivity (Wildman–Crippen MR) is 113 cm³/mol. The van der Waals surface area contributed by atoms with Gasteiger partial charge in [-0.25, -0.2) is 4.98 Å². The first-order valence-electron chi connectivity index (χ1n) is 9.68. The summed E-state index contributed by atoms with van der Waals surface area (Å²) in [7, 11) is 1.75. The molecule has 0 aliphatic carbocycles. The summed E-state index contributed by atoms with van der Waals surface area (Å²) in [6, 6.07) is 8.37. The normalized spacial score (nSPS) is 12.9. The summed E-state index contributed by atoms with van der Waals surface area (Å²) < 4.78 is 11.7. The SMILES string of the molecule is CN=C(NCc1cccc(COC(C)(C)C)c1)NCc1ncc(C(C)(C)C)o1. The molecule has 1 aromatic heterocycles. The molecular weight excluding hydrogens is 352 g/mol. The van der Waals surface area contributed by atoms with Crippen LogP contribution in [0.5, 0.6) is 0 Å². The van der Waals surface area contributed by atoms with Crippen LogP contribution in [0.4, 0.5) is 0 Å². The van der Waals surface area contributed by atoms with Crippen molar-refractivity contribution in [1.82, 2.24) is 15.6 Å². The maximum Gasteiger partial charge on any atom is 0.213 e. The van der Waals surface area contributed by atoms with Gasteiger partial charge in [0.25, 0.3) is 0 Å². The monoisotopic (exact) mass is 386 g/mol. The number of ether oxygens (including phenoxy) is 1. The van der Waals surface area contributed by atoms with Gasteiger partial charge in [-0.2, -0.15) is 0 Å². The third-order valence-corrected chi connectivity index (χ3v) is 4.05. The summed E-state index contributed by atoms with van der Waals surface area (Å²) >= 11 is 0. The molecule has 2 rings (SSSR count). The van der Waals surface area contributed by atoms with Crippen molar-refractivity contribution in [2.24, 2.45) is 4.99 Å². The summed E-state index contributed by atoms with van der Waals surface area (Å²) in [5, 5.41) is 6.56. The third-order valence-electron chi connectivity index (χ3n) is 4.05. The average Bonchev–Trinajstić information content (AvgIpc) is 3.09. The van der Waals surface area contributed by atoms with Crippen LogP contribution in [-0.4, -0.2) is 23.6 Å². The van der Waals surface area contributed by atoms with E-state index in [0.717, 1.165) is 11.3 Å². The minimum Gasteiger partial charge on any atom is -0.443 e. The second kappa shape index (κ2) is 9.24. The number of rotatable bonds is 6. The summed E-state index contributed by atoms with van der Waals surface area (Å²) in [5.74, 6) is 2.22. The quantitative estimate of drug-likeness (QED) is 0.576. The molecule has 0 saturated carbocycles. The van der Waals surface area contributed by atoms with Crippen LogP contribution in [0.25, 0.3) is 0 Å². The van der Waals surface area contributed by atoms with Crippen molar-refractivity contribution in [3.8, 4) is 0 Å². The number of nitrogens with zero attached hydrogens (tertiary/aromatic N) is 2. The number of benzene rings is 1. The highest BCUT2D eigenvalue weighted by atomic mass is 16.5. The molecule has 6 nitrogen and oxygen atoms in total. The van der Waals surface area contributed by atoms with Gasteiger partial charge in [0, 0.05) is 19.0 Å². The van der Waals surface area contributed by atoms with Crippen molar-refractivity contribution >= 4 is 5.96 Å². The van der Waals surface area contributed by atoms with E-state index in [1.807, 2.05) is 0 Å². The second-order valence-corrected chi connectivity index (χ2v) is 8.87. The van der Waals surface area contributed by atoms with E-state index in [2.05, 4.69) is 86.4 Å². The number of aromatic nitrogens is 1. The highest BCUT2D eigenvalue weighted by molar-refractivity contribution is 5.79. The minimum absolute atomic E-state index is 0.0487. The predicted octanol–water partition coefficient (Wildman–Crippen LogP) is 4.15. The molecule has 1 heterocycles. The number of aliphatic imine (C=N–C) groups is 1. The van der Waals surface area contributed by atoms with E-state index in [-0.39, 0.29) is 11.0 Å². The topological polar surface area (TPSA) is 71.7 Å². The fourth-order valence-electron chi connectivity index (χ4n) is 2.43. The molecule has 0 atom stereocenters. The molecule has 0 unspecified atom stereocenters. The van der Waals surface area contributed by atoms with Crippen LogP contribution in [0, 0.1) is 0 Å². The molecule has 0 aliphatic heterocycles. The molecule has 28 heavy (non-hydrogen) atoms. The van der Waals surface area contributed by atoms with Crippen LogP contribution in [0.3, 0.4) is 0 Å². The Labute approximate surface area is 168 Å². The smallest absolute Gasteiger partial charge is 0.213 e. The number of hydrogen-bond acceptors (Lipinski definition) is 4. The Morgan fingerprint density at radius 3 is 2.36 bits per heavy atom. The van der Waals surface area contributed by atoms with E-state index < -0.39 is 0 Å². The number of nitrogens with one attached hydrogen (secondary N) is 2. The van der Waals surface area contributed by atoms with Crippen LogP contribution in [-0.2, 0) is 29.8 Å². The highest BCUT2D eigenvalue weighted by Crippen LogP contribution is 2.22. The number of oxazole rings is 1. The van der Waals surface area contributed by atoms with Crippen LogP contribution in [0.15, 0.2) is 39.9 Å². The molecular formula is C22H34N4O2.